The molecule has 0 amide bonds. The first-order valence-corrected chi connectivity index (χ1v) is 6.51. The fraction of sp³-hybridized carbons (Fsp3) is 0.833. The number of hydrogen-bond acceptors (Lipinski definition) is 8. The van der Waals surface area contributed by atoms with E-state index in [2.05, 4.69) is 0 Å². The van der Waals surface area contributed by atoms with Crippen LogP contribution in [0.4, 0.5) is 0 Å². The van der Waals surface area contributed by atoms with Crippen LogP contribution < -0.4 is 0 Å². The third kappa shape index (κ3) is 5.41. The molecule has 8 nitrogen and oxygen atoms in total. The monoisotopic (exact) mass is 290 g/mol. The summed E-state index contributed by atoms with van der Waals surface area (Å²) < 4.78 is 30.4. The Kier molecular flexibility index (Phi) is 6.19. The second-order valence-corrected chi connectivity index (χ2v) is 4.23. The fourth-order valence-corrected chi connectivity index (χ4v) is 1.68. The van der Waals surface area contributed by atoms with Gasteiger partial charge in [0.15, 0.2) is 0 Å². The topological polar surface area (TPSA) is 89.5 Å². The predicted molar refractivity (Wildman–Crippen MR) is 62.5 cm³/mol. The number of ether oxygens (including phenoxy) is 6. The zero-order valence-electron chi connectivity index (χ0n) is 11.1. The minimum absolute atomic E-state index is 0.0771. The molecule has 2 rings (SSSR count). The molecule has 2 unspecified atom stereocenters. The van der Waals surface area contributed by atoms with E-state index in [-0.39, 0.29) is 26.1 Å². The molecule has 2 aliphatic heterocycles. The van der Waals surface area contributed by atoms with Gasteiger partial charge in [-0.05, 0) is 0 Å². The van der Waals surface area contributed by atoms with Gasteiger partial charge in [-0.15, -0.1) is 0 Å². The Morgan fingerprint density at radius 2 is 1.25 bits per heavy atom. The molecule has 0 spiro atoms. The number of carbonyl (C=O) groups excluding carboxylic acids is 2. The first-order chi connectivity index (χ1) is 9.74. The van der Waals surface area contributed by atoms with Crippen LogP contribution in [-0.4, -0.2) is 64.2 Å². The molecular formula is C12H18O8. The third-order valence-electron chi connectivity index (χ3n) is 2.63. The summed E-state index contributed by atoms with van der Waals surface area (Å²) in [5, 5.41) is 0. The maximum atomic E-state index is 11.5. The van der Waals surface area contributed by atoms with Gasteiger partial charge < -0.3 is 28.4 Å². The van der Waals surface area contributed by atoms with Crippen LogP contribution >= 0.6 is 0 Å². The summed E-state index contributed by atoms with van der Waals surface area (Å²) in [7, 11) is 0. The van der Waals surface area contributed by atoms with Gasteiger partial charge in [-0.2, -0.15) is 0 Å². The molecule has 0 aromatic rings. The lowest BCUT2D eigenvalue weighted by Crippen LogP contribution is -2.34. The van der Waals surface area contributed by atoms with E-state index < -0.39 is 24.5 Å². The Bertz CT molecular complexity index is 287. The predicted octanol–water partition coefficient (Wildman–Crippen LogP) is -0.401. The Balaban J connectivity index is 1.58. The van der Waals surface area contributed by atoms with Gasteiger partial charge >= 0.3 is 11.9 Å². The number of rotatable bonds is 5. The van der Waals surface area contributed by atoms with Gasteiger partial charge in [-0.3, -0.25) is 9.59 Å². The van der Waals surface area contributed by atoms with E-state index in [0.717, 1.165) is 0 Å². The van der Waals surface area contributed by atoms with Crippen LogP contribution in [0.1, 0.15) is 12.8 Å². The van der Waals surface area contributed by atoms with Crippen molar-refractivity contribution in [1.82, 2.24) is 0 Å². The number of hydrogen-bond donors (Lipinski definition) is 0. The Hall–Kier alpha value is -1.22. The van der Waals surface area contributed by atoms with Gasteiger partial charge in [0.2, 0.25) is 12.6 Å². The van der Waals surface area contributed by atoms with E-state index in [1.54, 1.807) is 0 Å². The molecule has 8 heteroatoms. The molecule has 0 radical (unpaired) electrons. The van der Waals surface area contributed by atoms with Crippen LogP contribution in [0.15, 0.2) is 0 Å². The van der Waals surface area contributed by atoms with Gasteiger partial charge in [0.1, 0.15) is 13.2 Å². The molecule has 2 heterocycles. The van der Waals surface area contributed by atoms with E-state index >= 15 is 0 Å². The summed E-state index contributed by atoms with van der Waals surface area (Å²) in [4.78, 5) is 23.0. The van der Waals surface area contributed by atoms with Gasteiger partial charge in [0.25, 0.3) is 0 Å². The first kappa shape index (κ1) is 15.2. The molecular weight excluding hydrogens is 272 g/mol. The summed E-state index contributed by atoms with van der Waals surface area (Å²) in [5.74, 6) is -1.06. The molecule has 0 saturated carbocycles. The van der Waals surface area contributed by atoms with E-state index in [4.69, 9.17) is 28.4 Å². The van der Waals surface area contributed by atoms with Gasteiger partial charge in [-0.1, -0.05) is 0 Å². The average Bonchev–Trinajstić information content (AvgIpc) is 2.47. The molecule has 2 fully saturated rings. The van der Waals surface area contributed by atoms with Gasteiger partial charge in [-0.25, -0.2) is 0 Å². The average molecular weight is 290 g/mol. The van der Waals surface area contributed by atoms with Crippen LogP contribution in [-0.2, 0) is 38.0 Å². The quantitative estimate of drug-likeness (QED) is 0.632. The van der Waals surface area contributed by atoms with Crippen LogP contribution in [0.25, 0.3) is 0 Å². The van der Waals surface area contributed by atoms with Gasteiger partial charge in [0.05, 0.1) is 39.3 Å². The fourth-order valence-electron chi connectivity index (χ4n) is 1.68. The Labute approximate surface area is 116 Å². The van der Waals surface area contributed by atoms with Crippen molar-refractivity contribution in [2.45, 2.75) is 25.4 Å². The van der Waals surface area contributed by atoms with Crippen LogP contribution in [0.3, 0.4) is 0 Å². The standard InChI is InChI=1S/C12H18O8/c13-9(19-11-7-15-3-5-17-11)1-2-10(14)20-12-8-16-4-6-18-12/h11-12H,1-8H2. The first-order valence-electron chi connectivity index (χ1n) is 6.51. The summed E-state index contributed by atoms with van der Waals surface area (Å²) in [6.45, 7) is 2.18. The van der Waals surface area contributed by atoms with Crippen LogP contribution in [0.5, 0.6) is 0 Å². The molecule has 0 N–H and O–H groups in total. The highest BCUT2D eigenvalue weighted by atomic mass is 16.7. The summed E-state index contributed by atoms with van der Waals surface area (Å²) in [6, 6.07) is 0. The molecule has 2 aliphatic rings. The highest BCUT2D eigenvalue weighted by Crippen LogP contribution is 2.08. The zero-order chi connectivity index (χ0) is 14.2. The molecule has 0 aliphatic carbocycles. The number of esters is 2. The highest BCUT2D eigenvalue weighted by molar-refractivity contribution is 5.77. The minimum Gasteiger partial charge on any atom is -0.433 e. The lowest BCUT2D eigenvalue weighted by atomic mass is 10.3. The molecule has 2 atom stereocenters. The van der Waals surface area contributed by atoms with Crippen molar-refractivity contribution in [3.63, 3.8) is 0 Å². The van der Waals surface area contributed by atoms with Crippen molar-refractivity contribution in [2.24, 2.45) is 0 Å². The lowest BCUT2D eigenvalue weighted by molar-refractivity contribution is -0.218. The molecule has 0 aromatic heterocycles. The molecule has 114 valence electrons. The molecule has 2 saturated heterocycles. The summed E-state index contributed by atoms with van der Waals surface area (Å²) in [6.07, 6.45) is -1.54. The molecule has 20 heavy (non-hydrogen) atoms. The minimum atomic E-state index is -0.692. The van der Waals surface area contributed by atoms with Crippen molar-refractivity contribution in [1.29, 1.82) is 0 Å². The van der Waals surface area contributed by atoms with E-state index in [1.807, 2.05) is 0 Å². The SMILES string of the molecule is O=C(CCC(=O)OC1COCCO1)OC1COCCO1. The maximum absolute atomic E-state index is 11.5. The Morgan fingerprint density at radius 1 is 0.800 bits per heavy atom. The second-order valence-electron chi connectivity index (χ2n) is 4.23. The molecule has 0 bridgehead atoms. The zero-order valence-corrected chi connectivity index (χ0v) is 11.1. The normalized spacial score (nSPS) is 26.8. The number of carbonyl (C=O) groups is 2. The largest absolute Gasteiger partial charge is 0.433 e. The molecule has 0 aromatic carbocycles. The van der Waals surface area contributed by atoms with Crippen molar-refractivity contribution in [3.05, 3.63) is 0 Å². The van der Waals surface area contributed by atoms with E-state index in [1.165, 1.54) is 0 Å². The van der Waals surface area contributed by atoms with Crippen molar-refractivity contribution >= 4 is 11.9 Å². The van der Waals surface area contributed by atoms with Crippen molar-refractivity contribution in [3.8, 4) is 0 Å². The van der Waals surface area contributed by atoms with E-state index in [9.17, 15) is 9.59 Å². The van der Waals surface area contributed by atoms with Crippen LogP contribution in [0, 0.1) is 0 Å². The van der Waals surface area contributed by atoms with Crippen LogP contribution in [0.2, 0.25) is 0 Å². The van der Waals surface area contributed by atoms with E-state index in [0.29, 0.717) is 26.4 Å². The maximum Gasteiger partial charge on any atom is 0.308 e. The van der Waals surface area contributed by atoms with Gasteiger partial charge in [0, 0.05) is 0 Å². The lowest BCUT2D eigenvalue weighted by Gasteiger charge is -2.23. The smallest absolute Gasteiger partial charge is 0.308 e. The Morgan fingerprint density at radius 3 is 1.60 bits per heavy atom. The summed E-state index contributed by atoms with van der Waals surface area (Å²) in [5.41, 5.74) is 0. The van der Waals surface area contributed by atoms with Crippen molar-refractivity contribution < 1.29 is 38.0 Å². The second kappa shape index (κ2) is 8.15. The van der Waals surface area contributed by atoms with Crippen molar-refractivity contribution in [2.75, 3.05) is 39.6 Å². The summed E-state index contributed by atoms with van der Waals surface area (Å²) >= 11 is 0. The third-order valence-corrected chi connectivity index (χ3v) is 2.63. The highest BCUT2D eigenvalue weighted by Gasteiger charge is 2.22.